The third kappa shape index (κ3) is 5.63. The summed E-state index contributed by atoms with van der Waals surface area (Å²) in [6, 6.07) is 11.2. The first-order valence-corrected chi connectivity index (χ1v) is 10.4. The van der Waals surface area contributed by atoms with Crippen LogP contribution in [0.2, 0.25) is 0 Å². The number of fused-ring (bicyclic) bond motifs is 1. The SMILES string of the molecule is CN=C(NCCc1nnc2ccccn12)NC1CCCN(c2ccc(F)cc2C)C1.I. The maximum atomic E-state index is 13.5. The number of aryl methyl sites for hydroxylation is 1. The number of hydrogen-bond acceptors (Lipinski definition) is 4. The maximum absolute atomic E-state index is 13.5. The van der Waals surface area contributed by atoms with Crippen LogP contribution in [0.4, 0.5) is 10.1 Å². The van der Waals surface area contributed by atoms with E-state index in [2.05, 4.69) is 30.7 Å². The monoisotopic (exact) mass is 537 g/mol. The lowest BCUT2D eigenvalue weighted by atomic mass is 10.0. The number of nitrogens with zero attached hydrogens (tertiary/aromatic N) is 5. The van der Waals surface area contributed by atoms with Crippen molar-refractivity contribution in [1.29, 1.82) is 0 Å². The van der Waals surface area contributed by atoms with E-state index in [-0.39, 0.29) is 35.8 Å². The number of aromatic nitrogens is 3. The Labute approximate surface area is 199 Å². The van der Waals surface area contributed by atoms with Crippen molar-refractivity contribution < 1.29 is 4.39 Å². The van der Waals surface area contributed by atoms with Gasteiger partial charge in [-0.2, -0.15) is 0 Å². The van der Waals surface area contributed by atoms with Gasteiger partial charge in [-0.3, -0.25) is 9.39 Å². The van der Waals surface area contributed by atoms with E-state index in [1.54, 1.807) is 13.1 Å². The van der Waals surface area contributed by atoms with Gasteiger partial charge in [-0.15, -0.1) is 34.2 Å². The molecule has 1 aliphatic heterocycles. The minimum atomic E-state index is -0.187. The molecule has 1 unspecified atom stereocenters. The van der Waals surface area contributed by atoms with E-state index in [0.29, 0.717) is 6.54 Å². The third-order valence-corrected chi connectivity index (χ3v) is 5.51. The van der Waals surface area contributed by atoms with Crippen LogP contribution in [-0.4, -0.2) is 53.3 Å². The minimum absolute atomic E-state index is 0. The number of nitrogens with one attached hydrogen (secondary N) is 2. The van der Waals surface area contributed by atoms with E-state index in [4.69, 9.17) is 0 Å². The fourth-order valence-corrected chi connectivity index (χ4v) is 4.03. The number of guanidine groups is 1. The van der Waals surface area contributed by atoms with E-state index < -0.39 is 0 Å². The Morgan fingerprint density at radius 1 is 1.26 bits per heavy atom. The molecule has 1 aromatic carbocycles. The second-order valence-electron chi connectivity index (χ2n) is 7.65. The molecular weight excluding hydrogens is 508 g/mol. The van der Waals surface area contributed by atoms with Crippen LogP contribution < -0.4 is 15.5 Å². The zero-order valence-corrected chi connectivity index (χ0v) is 20.2. The number of aliphatic imine (C=N–C) groups is 1. The average molecular weight is 537 g/mol. The van der Waals surface area contributed by atoms with Gasteiger partial charge in [0.05, 0.1) is 0 Å². The molecule has 9 heteroatoms. The number of pyridine rings is 1. The zero-order valence-electron chi connectivity index (χ0n) is 17.9. The lowest BCUT2D eigenvalue weighted by Gasteiger charge is -2.36. The Morgan fingerprint density at radius 2 is 2.13 bits per heavy atom. The van der Waals surface area contributed by atoms with Crippen LogP contribution in [0.15, 0.2) is 47.6 Å². The molecule has 2 aromatic heterocycles. The second kappa shape index (κ2) is 10.7. The normalized spacial score (nSPS) is 16.8. The Bertz CT molecular complexity index is 1040. The first kappa shape index (κ1) is 23.2. The highest BCUT2D eigenvalue weighted by Crippen LogP contribution is 2.24. The summed E-state index contributed by atoms with van der Waals surface area (Å²) in [4.78, 5) is 6.70. The highest BCUT2D eigenvalue weighted by atomic mass is 127. The van der Waals surface area contributed by atoms with Crippen LogP contribution in [0.5, 0.6) is 0 Å². The van der Waals surface area contributed by atoms with Crippen LogP contribution >= 0.6 is 24.0 Å². The predicted octanol–water partition coefficient (Wildman–Crippen LogP) is 3.17. The molecule has 1 atom stereocenters. The molecule has 1 fully saturated rings. The molecule has 3 aromatic rings. The van der Waals surface area contributed by atoms with Crippen LogP contribution in [0, 0.1) is 12.7 Å². The fraction of sp³-hybridized carbons (Fsp3) is 0.409. The Kier molecular flexibility index (Phi) is 8.05. The number of anilines is 1. The summed E-state index contributed by atoms with van der Waals surface area (Å²) >= 11 is 0. The first-order valence-electron chi connectivity index (χ1n) is 10.4. The number of rotatable bonds is 5. The molecule has 31 heavy (non-hydrogen) atoms. The van der Waals surface area contributed by atoms with E-state index >= 15 is 0 Å². The standard InChI is InChI=1S/C22H28FN7.HI/c1-16-14-17(23)8-9-19(16)29-12-5-6-18(15-29)26-22(24-2)25-11-10-21-28-27-20-7-3-4-13-30(20)21;/h3-4,7-9,13-14,18H,5-6,10-12,15H2,1-2H3,(H2,24,25,26);1H. The molecule has 0 saturated carbocycles. The predicted molar refractivity (Wildman–Crippen MR) is 133 cm³/mol. The van der Waals surface area contributed by atoms with Crippen molar-refractivity contribution >= 4 is 41.3 Å². The number of halogens is 2. The van der Waals surface area contributed by atoms with Crippen LogP contribution in [0.3, 0.4) is 0 Å². The molecule has 2 N–H and O–H groups in total. The van der Waals surface area contributed by atoms with Gasteiger partial charge in [-0.1, -0.05) is 6.07 Å². The number of piperidine rings is 1. The summed E-state index contributed by atoms with van der Waals surface area (Å²) in [7, 11) is 1.78. The van der Waals surface area contributed by atoms with Crippen molar-refractivity contribution in [3.63, 3.8) is 0 Å². The lowest BCUT2D eigenvalue weighted by Crippen LogP contribution is -2.51. The Balaban J connectivity index is 0.00000272. The largest absolute Gasteiger partial charge is 0.369 e. The molecule has 1 saturated heterocycles. The van der Waals surface area contributed by atoms with Crippen molar-refractivity contribution in [3.05, 3.63) is 59.8 Å². The Morgan fingerprint density at radius 3 is 2.94 bits per heavy atom. The van der Waals surface area contributed by atoms with Gasteiger partial charge in [0.1, 0.15) is 11.6 Å². The topological polar surface area (TPSA) is 69.8 Å². The van der Waals surface area contributed by atoms with Gasteiger partial charge in [0, 0.05) is 51.0 Å². The maximum Gasteiger partial charge on any atom is 0.191 e. The molecule has 166 valence electrons. The van der Waals surface area contributed by atoms with Crippen molar-refractivity contribution in [2.24, 2.45) is 4.99 Å². The van der Waals surface area contributed by atoms with Crippen molar-refractivity contribution in [1.82, 2.24) is 25.2 Å². The lowest BCUT2D eigenvalue weighted by molar-refractivity contribution is 0.467. The van der Waals surface area contributed by atoms with Crippen LogP contribution in [0.25, 0.3) is 5.65 Å². The average Bonchev–Trinajstić information content (AvgIpc) is 3.16. The molecule has 0 amide bonds. The molecule has 0 aliphatic carbocycles. The van der Waals surface area contributed by atoms with Gasteiger partial charge in [-0.05, 0) is 55.7 Å². The summed E-state index contributed by atoms with van der Waals surface area (Å²) in [5, 5.41) is 15.4. The summed E-state index contributed by atoms with van der Waals surface area (Å²) in [6.45, 7) is 4.52. The van der Waals surface area contributed by atoms with Gasteiger partial charge in [0.15, 0.2) is 11.6 Å². The van der Waals surface area contributed by atoms with Gasteiger partial charge in [0.2, 0.25) is 0 Å². The Hall–Kier alpha value is -2.43. The van der Waals surface area contributed by atoms with Crippen LogP contribution in [0.1, 0.15) is 24.2 Å². The molecule has 1 aliphatic rings. The van der Waals surface area contributed by atoms with Gasteiger partial charge < -0.3 is 15.5 Å². The van der Waals surface area contributed by atoms with E-state index in [0.717, 1.165) is 61.0 Å². The van der Waals surface area contributed by atoms with Crippen molar-refractivity contribution in [2.75, 3.05) is 31.6 Å². The van der Waals surface area contributed by atoms with Gasteiger partial charge >= 0.3 is 0 Å². The van der Waals surface area contributed by atoms with E-state index in [9.17, 15) is 4.39 Å². The van der Waals surface area contributed by atoms with Gasteiger partial charge in [-0.25, -0.2) is 4.39 Å². The summed E-state index contributed by atoms with van der Waals surface area (Å²) < 4.78 is 15.5. The third-order valence-electron chi connectivity index (χ3n) is 5.51. The molecule has 0 radical (unpaired) electrons. The van der Waals surface area contributed by atoms with Crippen molar-refractivity contribution in [2.45, 2.75) is 32.2 Å². The highest BCUT2D eigenvalue weighted by molar-refractivity contribution is 14.0. The summed E-state index contributed by atoms with van der Waals surface area (Å²) in [5.41, 5.74) is 2.93. The smallest absolute Gasteiger partial charge is 0.191 e. The van der Waals surface area contributed by atoms with Crippen molar-refractivity contribution in [3.8, 4) is 0 Å². The molecule has 3 heterocycles. The van der Waals surface area contributed by atoms with E-state index in [1.807, 2.05) is 41.8 Å². The first-order chi connectivity index (χ1) is 14.6. The second-order valence-corrected chi connectivity index (χ2v) is 7.65. The minimum Gasteiger partial charge on any atom is -0.369 e. The fourth-order valence-electron chi connectivity index (χ4n) is 4.03. The number of benzene rings is 1. The molecule has 0 spiro atoms. The zero-order chi connectivity index (χ0) is 20.9. The summed E-state index contributed by atoms with van der Waals surface area (Å²) in [6.07, 6.45) is 4.88. The van der Waals surface area contributed by atoms with Crippen LogP contribution in [-0.2, 0) is 6.42 Å². The molecule has 7 nitrogen and oxygen atoms in total. The molecule has 4 rings (SSSR count). The number of hydrogen-bond donors (Lipinski definition) is 2. The quantitative estimate of drug-likeness (QED) is 0.298. The molecule has 0 bridgehead atoms. The molecular formula is C22H29FIN7. The summed E-state index contributed by atoms with van der Waals surface area (Å²) in [5.74, 6) is 1.52. The van der Waals surface area contributed by atoms with E-state index in [1.165, 1.54) is 6.07 Å². The van der Waals surface area contributed by atoms with Gasteiger partial charge in [0.25, 0.3) is 0 Å². The highest BCUT2D eigenvalue weighted by Gasteiger charge is 2.22.